The van der Waals surface area contributed by atoms with E-state index in [1.165, 1.54) is 12.0 Å². The molecule has 1 aliphatic carbocycles. The van der Waals surface area contributed by atoms with Crippen LogP contribution in [0.15, 0.2) is 78.9 Å². The number of dihydropyridines is 1. The number of carboxylic acids is 1. The van der Waals surface area contributed by atoms with E-state index in [0.29, 0.717) is 12.1 Å². The van der Waals surface area contributed by atoms with Crippen LogP contribution in [-0.4, -0.2) is 33.1 Å². The molecule has 3 N–H and O–H groups in total. The van der Waals surface area contributed by atoms with Crippen molar-refractivity contribution in [3.05, 3.63) is 90.0 Å². The van der Waals surface area contributed by atoms with Crippen LogP contribution < -0.4 is 10.6 Å². The fraction of sp³-hybridized carbons (Fsp3) is 0.321. The third-order valence-electron chi connectivity index (χ3n) is 7.59. The molecule has 7 heteroatoms. The van der Waals surface area contributed by atoms with E-state index in [2.05, 4.69) is 21.7 Å². The summed E-state index contributed by atoms with van der Waals surface area (Å²) in [5, 5.41) is 17.0. The molecule has 35 heavy (non-hydrogen) atoms. The molecule has 0 saturated heterocycles. The predicted octanol–water partition coefficient (Wildman–Crippen LogP) is 4.47. The van der Waals surface area contributed by atoms with Crippen LogP contribution >= 0.6 is 0 Å². The van der Waals surface area contributed by atoms with Gasteiger partial charge in [-0.1, -0.05) is 43.5 Å². The average molecular weight is 471 g/mol. The number of aliphatic carboxylic acids is 1. The van der Waals surface area contributed by atoms with Crippen molar-refractivity contribution in [3.63, 3.8) is 0 Å². The monoisotopic (exact) mass is 470 g/mol. The fourth-order valence-corrected chi connectivity index (χ4v) is 5.62. The van der Waals surface area contributed by atoms with Gasteiger partial charge in [-0.25, -0.2) is 4.79 Å². The van der Waals surface area contributed by atoms with Gasteiger partial charge >= 0.3 is 5.97 Å². The number of rotatable bonds is 6. The second kappa shape index (κ2) is 9.06. The first-order valence-electron chi connectivity index (χ1n) is 12.1. The van der Waals surface area contributed by atoms with Crippen molar-refractivity contribution in [1.82, 2.24) is 20.2 Å². The van der Waals surface area contributed by atoms with Gasteiger partial charge in [-0.15, -0.1) is 0 Å². The molecule has 1 aliphatic heterocycles. The van der Waals surface area contributed by atoms with E-state index in [1.807, 2.05) is 48.0 Å². The van der Waals surface area contributed by atoms with Gasteiger partial charge in [-0.05, 0) is 55.8 Å². The summed E-state index contributed by atoms with van der Waals surface area (Å²) in [5.41, 5.74) is 1.52. The van der Waals surface area contributed by atoms with Crippen LogP contribution in [0.25, 0.3) is 10.9 Å². The Bertz CT molecular complexity index is 1320. The second-order valence-electron chi connectivity index (χ2n) is 9.66. The van der Waals surface area contributed by atoms with Crippen molar-refractivity contribution in [2.45, 2.75) is 50.1 Å². The quantitative estimate of drug-likeness (QED) is 0.494. The van der Waals surface area contributed by atoms with E-state index in [-0.39, 0.29) is 16.9 Å². The lowest BCUT2D eigenvalue weighted by Crippen LogP contribution is -2.47. The minimum atomic E-state index is -1.04. The molecular weight excluding hydrogens is 440 g/mol. The Morgan fingerprint density at radius 3 is 2.69 bits per heavy atom. The number of carboxylic acid groups (broad SMARTS) is 1. The van der Waals surface area contributed by atoms with Crippen LogP contribution in [0.4, 0.5) is 0 Å². The van der Waals surface area contributed by atoms with E-state index in [0.717, 1.165) is 36.6 Å². The highest BCUT2D eigenvalue weighted by Crippen LogP contribution is 2.39. The summed E-state index contributed by atoms with van der Waals surface area (Å²) in [6.07, 6.45) is 16.0. The number of hydrogen-bond acceptors (Lipinski definition) is 4. The lowest BCUT2D eigenvalue weighted by Gasteiger charge is -2.37. The maximum Gasteiger partial charge on any atom is 0.335 e. The summed E-state index contributed by atoms with van der Waals surface area (Å²) in [7, 11) is 0. The maximum atomic E-state index is 13.6. The van der Waals surface area contributed by atoms with Gasteiger partial charge in [0.25, 0.3) is 5.91 Å². The first-order chi connectivity index (χ1) is 16.9. The van der Waals surface area contributed by atoms with Gasteiger partial charge < -0.3 is 20.3 Å². The SMILES string of the molecule is CC1(n2cc(C(=O)NCC3(c4cccnc4)CCCCC3)c3ccccc32)NC=CC=C1C(=O)O. The van der Waals surface area contributed by atoms with E-state index >= 15 is 0 Å². The van der Waals surface area contributed by atoms with Crippen LogP contribution in [0.1, 0.15) is 54.9 Å². The molecule has 3 aromatic rings. The van der Waals surface area contributed by atoms with Crippen LogP contribution in [-0.2, 0) is 15.9 Å². The van der Waals surface area contributed by atoms with Crippen molar-refractivity contribution in [2.24, 2.45) is 0 Å². The molecule has 1 amide bonds. The van der Waals surface area contributed by atoms with Crippen LogP contribution in [0.5, 0.6) is 0 Å². The number of pyridine rings is 1. The molecule has 7 nitrogen and oxygen atoms in total. The smallest absolute Gasteiger partial charge is 0.335 e. The molecule has 1 atom stereocenters. The minimum absolute atomic E-state index is 0.124. The number of aromatic nitrogens is 2. The summed E-state index contributed by atoms with van der Waals surface area (Å²) in [4.78, 5) is 29.9. The van der Waals surface area contributed by atoms with Gasteiger partial charge in [0.2, 0.25) is 0 Å². The number of carbonyl (C=O) groups is 2. The normalized spacial score (nSPS) is 21.2. The second-order valence-corrected chi connectivity index (χ2v) is 9.66. The molecular formula is C28H30N4O3. The number of nitrogens with zero attached hydrogens (tertiary/aromatic N) is 2. The van der Waals surface area contributed by atoms with Crippen molar-refractivity contribution >= 4 is 22.8 Å². The first kappa shape index (κ1) is 22.9. The van der Waals surface area contributed by atoms with Gasteiger partial charge in [0.05, 0.1) is 16.7 Å². The Balaban J connectivity index is 1.49. The van der Waals surface area contributed by atoms with Gasteiger partial charge in [0.15, 0.2) is 0 Å². The summed E-state index contributed by atoms with van der Waals surface area (Å²) < 4.78 is 1.85. The highest BCUT2D eigenvalue weighted by molar-refractivity contribution is 6.07. The summed E-state index contributed by atoms with van der Waals surface area (Å²) in [5.74, 6) is -1.17. The number of hydrogen-bond donors (Lipinski definition) is 3. The molecule has 1 unspecified atom stereocenters. The van der Waals surface area contributed by atoms with Gasteiger partial charge in [-0.3, -0.25) is 9.78 Å². The highest BCUT2D eigenvalue weighted by atomic mass is 16.4. The largest absolute Gasteiger partial charge is 0.478 e. The minimum Gasteiger partial charge on any atom is -0.478 e. The fourth-order valence-electron chi connectivity index (χ4n) is 5.62. The zero-order chi connectivity index (χ0) is 24.5. The standard InChI is InChI=1S/C28H30N4O3/c1-27(23(26(34)35)11-8-16-31-27)32-18-22(21-10-3-4-12-24(21)32)25(33)30-19-28(13-5-2-6-14-28)20-9-7-15-29-17-20/h3-4,7-12,15-18,31H,2,5-6,13-14,19H2,1H3,(H,30,33)(H,34,35). The lowest BCUT2D eigenvalue weighted by atomic mass is 9.70. The van der Waals surface area contributed by atoms with E-state index < -0.39 is 11.6 Å². The zero-order valence-corrected chi connectivity index (χ0v) is 19.8. The summed E-state index contributed by atoms with van der Waals surface area (Å²) >= 11 is 0. The molecule has 3 heterocycles. The van der Waals surface area contributed by atoms with Gasteiger partial charge in [0, 0.05) is 35.9 Å². The maximum absolute atomic E-state index is 13.6. The third kappa shape index (κ3) is 4.01. The Hall–Kier alpha value is -3.87. The topological polar surface area (TPSA) is 96.3 Å². The van der Waals surface area contributed by atoms with Crippen molar-refractivity contribution in [2.75, 3.05) is 6.54 Å². The molecule has 0 bridgehead atoms. The van der Waals surface area contributed by atoms with Crippen molar-refractivity contribution in [1.29, 1.82) is 0 Å². The lowest BCUT2D eigenvalue weighted by molar-refractivity contribution is -0.133. The molecule has 1 saturated carbocycles. The van der Waals surface area contributed by atoms with E-state index in [9.17, 15) is 14.7 Å². The van der Waals surface area contributed by atoms with Gasteiger partial charge in [0.1, 0.15) is 5.66 Å². The molecule has 180 valence electrons. The molecule has 1 fully saturated rings. The molecule has 5 rings (SSSR count). The Labute approximate surface area is 204 Å². The molecule has 0 radical (unpaired) electrons. The number of allylic oxidation sites excluding steroid dienone is 2. The zero-order valence-electron chi connectivity index (χ0n) is 19.8. The molecule has 2 aliphatic rings. The molecule has 1 aromatic carbocycles. The number of nitrogens with one attached hydrogen (secondary N) is 2. The first-order valence-corrected chi connectivity index (χ1v) is 12.1. The van der Waals surface area contributed by atoms with Crippen molar-refractivity contribution in [3.8, 4) is 0 Å². The molecule has 0 spiro atoms. The van der Waals surface area contributed by atoms with Crippen LogP contribution in [0.2, 0.25) is 0 Å². The Morgan fingerprint density at radius 1 is 1.14 bits per heavy atom. The van der Waals surface area contributed by atoms with E-state index in [1.54, 1.807) is 30.7 Å². The number of benzene rings is 1. The average Bonchev–Trinajstić information content (AvgIpc) is 3.29. The Kier molecular flexibility index (Phi) is 5.93. The van der Waals surface area contributed by atoms with Crippen LogP contribution in [0, 0.1) is 0 Å². The van der Waals surface area contributed by atoms with Crippen molar-refractivity contribution < 1.29 is 14.7 Å². The summed E-state index contributed by atoms with van der Waals surface area (Å²) in [6, 6.07) is 11.7. The summed E-state index contributed by atoms with van der Waals surface area (Å²) in [6.45, 7) is 2.35. The number of fused-ring (bicyclic) bond motifs is 1. The Morgan fingerprint density at radius 2 is 1.94 bits per heavy atom. The van der Waals surface area contributed by atoms with E-state index in [4.69, 9.17) is 0 Å². The molecule has 2 aromatic heterocycles. The van der Waals surface area contributed by atoms with Crippen LogP contribution in [0.3, 0.4) is 0 Å². The highest BCUT2D eigenvalue weighted by Gasteiger charge is 2.38. The van der Waals surface area contributed by atoms with Gasteiger partial charge in [-0.2, -0.15) is 0 Å². The third-order valence-corrected chi connectivity index (χ3v) is 7.59. The number of carbonyl (C=O) groups excluding carboxylic acids is 1. The predicted molar refractivity (Wildman–Crippen MR) is 135 cm³/mol. The number of para-hydroxylation sites is 1. The number of amides is 1.